The van der Waals surface area contributed by atoms with E-state index in [1.165, 1.54) is 4.90 Å². The molecular weight excluding hydrogens is 392 g/mol. The number of para-hydroxylation sites is 3. The summed E-state index contributed by atoms with van der Waals surface area (Å²) in [6.45, 7) is 4.66. The number of rotatable bonds is 5. The van der Waals surface area contributed by atoms with Crippen molar-refractivity contribution in [3.05, 3.63) is 71.5 Å². The lowest BCUT2D eigenvalue weighted by atomic mass is 10.2. The smallest absolute Gasteiger partial charge is 0.242 e. The third-order valence-corrected chi connectivity index (χ3v) is 5.59. The lowest BCUT2D eigenvalue weighted by molar-refractivity contribution is -0.130. The summed E-state index contributed by atoms with van der Waals surface area (Å²) >= 11 is 0. The number of hydrogen-bond donors (Lipinski definition) is 0. The topological polar surface area (TPSA) is 67.7 Å². The van der Waals surface area contributed by atoms with Gasteiger partial charge in [-0.15, -0.1) is 0 Å². The van der Waals surface area contributed by atoms with E-state index in [0.717, 1.165) is 22.6 Å². The Hall–Kier alpha value is -3.61. The molecular formula is C24H26N4O3. The number of amides is 2. The van der Waals surface area contributed by atoms with E-state index in [-0.39, 0.29) is 24.8 Å². The molecule has 0 fully saturated rings. The Morgan fingerprint density at radius 3 is 2.58 bits per heavy atom. The highest BCUT2D eigenvalue weighted by atomic mass is 16.5. The summed E-state index contributed by atoms with van der Waals surface area (Å²) in [6, 6.07) is 17.2. The SMILES string of the molecule is Cc1nn(-c2ccccc2)c(C)c1CN(C)C(=O)CN1C(=O)CCOc2ccccc21. The van der Waals surface area contributed by atoms with Gasteiger partial charge in [0.2, 0.25) is 11.8 Å². The third kappa shape index (κ3) is 4.17. The summed E-state index contributed by atoms with van der Waals surface area (Å²) in [7, 11) is 1.76. The second kappa shape index (κ2) is 8.63. The van der Waals surface area contributed by atoms with Crippen molar-refractivity contribution in [2.24, 2.45) is 0 Å². The average molecular weight is 418 g/mol. The highest BCUT2D eigenvalue weighted by Crippen LogP contribution is 2.31. The van der Waals surface area contributed by atoms with Crippen LogP contribution in [-0.4, -0.2) is 46.7 Å². The number of fused-ring (bicyclic) bond motifs is 1. The number of carbonyl (C=O) groups is 2. The van der Waals surface area contributed by atoms with Crippen LogP contribution in [0, 0.1) is 13.8 Å². The number of hydrogen-bond acceptors (Lipinski definition) is 4. The number of anilines is 1. The maximum atomic E-state index is 13.0. The van der Waals surface area contributed by atoms with Crippen molar-refractivity contribution in [1.29, 1.82) is 0 Å². The molecule has 31 heavy (non-hydrogen) atoms. The van der Waals surface area contributed by atoms with Gasteiger partial charge in [-0.2, -0.15) is 5.10 Å². The molecule has 0 saturated heterocycles. The first-order valence-electron chi connectivity index (χ1n) is 10.3. The Bertz CT molecular complexity index is 1110. The molecule has 0 N–H and O–H groups in total. The Balaban J connectivity index is 1.52. The maximum absolute atomic E-state index is 13.0. The van der Waals surface area contributed by atoms with Crippen LogP contribution in [0.4, 0.5) is 5.69 Å². The van der Waals surface area contributed by atoms with Crippen LogP contribution in [0.15, 0.2) is 54.6 Å². The Morgan fingerprint density at radius 1 is 1.10 bits per heavy atom. The Labute approximate surface area is 181 Å². The van der Waals surface area contributed by atoms with E-state index in [0.29, 0.717) is 24.6 Å². The predicted octanol–water partition coefficient (Wildman–Crippen LogP) is 3.26. The average Bonchev–Trinajstić information content (AvgIpc) is 2.96. The number of likely N-dealkylation sites (N-methyl/N-ethyl adjacent to an activating group) is 1. The molecule has 1 aliphatic heterocycles. The second-order valence-electron chi connectivity index (χ2n) is 7.69. The molecule has 7 nitrogen and oxygen atoms in total. The zero-order valence-corrected chi connectivity index (χ0v) is 18.0. The number of aryl methyl sites for hydroxylation is 1. The number of carbonyl (C=O) groups excluding carboxylic acids is 2. The van der Waals surface area contributed by atoms with Crippen LogP contribution in [0.5, 0.6) is 5.75 Å². The minimum atomic E-state index is -0.142. The minimum Gasteiger partial charge on any atom is -0.491 e. The summed E-state index contributed by atoms with van der Waals surface area (Å²) in [6.07, 6.45) is 0.244. The van der Waals surface area contributed by atoms with Crippen molar-refractivity contribution < 1.29 is 14.3 Å². The van der Waals surface area contributed by atoms with Gasteiger partial charge >= 0.3 is 0 Å². The first-order chi connectivity index (χ1) is 15.0. The second-order valence-corrected chi connectivity index (χ2v) is 7.69. The van der Waals surface area contributed by atoms with Crippen molar-refractivity contribution in [3.63, 3.8) is 0 Å². The number of benzene rings is 2. The molecule has 0 saturated carbocycles. The molecule has 0 radical (unpaired) electrons. The molecule has 4 rings (SSSR count). The van der Waals surface area contributed by atoms with Gasteiger partial charge in [0.25, 0.3) is 0 Å². The molecule has 3 aromatic rings. The number of aromatic nitrogens is 2. The van der Waals surface area contributed by atoms with E-state index in [4.69, 9.17) is 4.74 Å². The van der Waals surface area contributed by atoms with Gasteiger partial charge in [-0.25, -0.2) is 4.68 Å². The van der Waals surface area contributed by atoms with Gasteiger partial charge in [0.05, 0.1) is 30.1 Å². The normalized spacial score (nSPS) is 13.4. The molecule has 7 heteroatoms. The lowest BCUT2D eigenvalue weighted by Crippen LogP contribution is -2.41. The molecule has 1 aliphatic rings. The van der Waals surface area contributed by atoms with E-state index >= 15 is 0 Å². The molecule has 2 amide bonds. The molecule has 0 spiro atoms. The van der Waals surface area contributed by atoms with Crippen LogP contribution in [0.25, 0.3) is 5.69 Å². The van der Waals surface area contributed by atoms with Crippen molar-refractivity contribution in [2.75, 3.05) is 25.1 Å². The summed E-state index contributed by atoms with van der Waals surface area (Å²) in [5, 5.41) is 4.66. The monoisotopic (exact) mass is 418 g/mol. The minimum absolute atomic E-state index is 0.0272. The summed E-state index contributed by atoms with van der Waals surface area (Å²) in [5.41, 5.74) is 4.50. The maximum Gasteiger partial charge on any atom is 0.242 e. The molecule has 1 aromatic heterocycles. The first kappa shape index (κ1) is 20.7. The molecule has 0 unspecified atom stereocenters. The quantitative estimate of drug-likeness (QED) is 0.638. The predicted molar refractivity (Wildman–Crippen MR) is 118 cm³/mol. The van der Waals surface area contributed by atoms with Gasteiger partial charge in [0, 0.05) is 24.8 Å². The van der Waals surface area contributed by atoms with Gasteiger partial charge in [-0.05, 0) is 38.1 Å². The Kier molecular flexibility index (Phi) is 5.75. The van der Waals surface area contributed by atoms with E-state index in [2.05, 4.69) is 5.10 Å². The van der Waals surface area contributed by atoms with Crippen LogP contribution in [0.1, 0.15) is 23.4 Å². The van der Waals surface area contributed by atoms with Crippen molar-refractivity contribution >= 4 is 17.5 Å². The molecule has 160 valence electrons. The van der Waals surface area contributed by atoms with E-state index < -0.39 is 0 Å². The third-order valence-electron chi connectivity index (χ3n) is 5.59. The zero-order chi connectivity index (χ0) is 22.0. The summed E-state index contributed by atoms with van der Waals surface area (Å²) in [5.74, 6) is 0.368. The fourth-order valence-corrected chi connectivity index (χ4v) is 3.80. The van der Waals surface area contributed by atoms with Crippen LogP contribution in [-0.2, 0) is 16.1 Å². The van der Waals surface area contributed by atoms with Crippen molar-refractivity contribution in [1.82, 2.24) is 14.7 Å². The summed E-state index contributed by atoms with van der Waals surface area (Å²) < 4.78 is 7.56. The van der Waals surface area contributed by atoms with Crippen LogP contribution >= 0.6 is 0 Å². The largest absolute Gasteiger partial charge is 0.491 e. The van der Waals surface area contributed by atoms with Crippen molar-refractivity contribution in [2.45, 2.75) is 26.8 Å². The van der Waals surface area contributed by atoms with Gasteiger partial charge in [-0.1, -0.05) is 30.3 Å². The highest BCUT2D eigenvalue weighted by molar-refractivity contribution is 6.00. The van der Waals surface area contributed by atoms with Crippen LogP contribution in [0.3, 0.4) is 0 Å². The van der Waals surface area contributed by atoms with Gasteiger partial charge in [-0.3, -0.25) is 14.5 Å². The lowest BCUT2D eigenvalue weighted by Gasteiger charge is -2.25. The van der Waals surface area contributed by atoms with Gasteiger partial charge in [0.1, 0.15) is 12.3 Å². The van der Waals surface area contributed by atoms with Crippen molar-refractivity contribution in [3.8, 4) is 11.4 Å². The van der Waals surface area contributed by atoms with E-state index in [1.807, 2.05) is 73.1 Å². The first-order valence-corrected chi connectivity index (χ1v) is 10.3. The van der Waals surface area contributed by atoms with E-state index in [9.17, 15) is 9.59 Å². The van der Waals surface area contributed by atoms with E-state index in [1.54, 1.807) is 11.9 Å². The molecule has 0 atom stereocenters. The van der Waals surface area contributed by atoms with Crippen LogP contribution < -0.4 is 9.64 Å². The number of nitrogens with zero attached hydrogens (tertiary/aromatic N) is 4. The van der Waals surface area contributed by atoms with Gasteiger partial charge in [0.15, 0.2) is 0 Å². The van der Waals surface area contributed by atoms with Gasteiger partial charge < -0.3 is 9.64 Å². The zero-order valence-electron chi connectivity index (χ0n) is 18.0. The fourth-order valence-electron chi connectivity index (χ4n) is 3.80. The highest BCUT2D eigenvalue weighted by Gasteiger charge is 2.27. The van der Waals surface area contributed by atoms with Crippen LogP contribution in [0.2, 0.25) is 0 Å². The summed E-state index contributed by atoms with van der Waals surface area (Å²) in [4.78, 5) is 28.8. The standard InChI is InChI=1S/C24H26N4O3/c1-17-20(18(2)28(25-17)19-9-5-4-6-10-19)15-26(3)24(30)16-27-21-11-7-8-12-22(21)31-14-13-23(27)29/h4-12H,13-16H2,1-3H3. The molecule has 0 bridgehead atoms. The molecule has 2 aromatic carbocycles. The fraction of sp³-hybridized carbons (Fsp3) is 0.292. The molecule has 2 heterocycles. The Morgan fingerprint density at radius 2 is 1.81 bits per heavy atom. The molecule has 0 aliphatic carbocycles. The number of ether oxygens (including phenoxy) is 1.